The van der Waals surface area contributed by atoms with Gasteiger partial charge < -0.3 is 130 Å². The van der Waals surface area contributed by atoms with Crippen LogP contribution < -0.4 is 0 Å². The van der Waals surface area contributed by atoms with Crippen molar-refractivity contribution >= 4 is 30.0 Å². The lowest BCUT2D eigenvalue weighted by molar-refractivity contribution is -0.347. The van der Waals surface area contributed by atoms with Crippen molar-refractivity contribution in [1.82, 2.24) is 0 Å². The van der Waals surface area contributed by atoms with Crippen molar-refractivity contribution < 1.29 is 149 Å². The van der Waals surface area contributed by atoms with E-state index in [1.165, 1.54) is 6.07 Å². The van der Waals surface area contributed by atoms with Crippen molar-refractivity contribution in [2.24, 2.45) is 29.6 Å². The molecule has 30 nitrogen and oxygen atoms in total. The molecule has 0 amide bonds. The van der Waals surface area contributed by atoms with Crippen LogP contribution in [0.3, 0.4) is 0 Å². The van der Waals surface area contributed by atoms with Gasteiger partial charge in [0.2, 0.25) is 12.6 Å². The second kappa shape index (κ2) is 22.2. The van der Waals surface area contributed by atoms with Crippen molar-refractivity contribution in [2.45, 2.75) is 116 Å². The van der Waals surface area contributed by atoms with Crippen LogP contribution in [0, 0.1) is 29.6 Å². The Hall–Kier alpha value is -6.30. The third-order valence-corrected chi connectivity index (χ3v) is 15.9. The fraction of sp³-hybridized carbons (Fsp3) is 0.560. The molecule has 0 spiro atoms. The van der Waals surface area contributed by atoms with Crippen molar-refractivity contribution in [1.29, 1.82) is 0 Å². The number of carbonyl (C=O) groups is 4. The Morgan fingerprint density at radius 2 is 1.02 bits per heavy atom. The summed E-state index contributed by atoms with van der Waals surface area (Å²) in [6, 6.07) is 5.08. The van der Waals surface area contributed by atoms with Crippen LogP contribution in [0.2, 0.25) is 0 Å². The third-order valence-electron chi connectivity index (χ3n) is 15.9. The van der Waals surface area contributed by atoms with E-state index in [9.17, 15) is 106 Å². The molecule has 0 bridgehead atoms. The first-order chi connectivity index (χ1) is 37.7. The predicted molar refractivity (Wildman–Crippen MR) is 251 cm³/mol. The highest BCUT2D eigenvalue weighted by atomic mass is 16.8. The number of esters is 2. The number of ether oxygens (including phenoxy) is 8. The predicted octanol–water partition coefficient (Wildman–Crippen LogP) is -5.52. The molecule has 4 heterocycles. The summed E-state index contributed by atoms with van der Waals surface area (Å²) in [7, 11) is 0. The molecule has 7 aliphatic rings. The summed E-state index contributed by atoms with van der Waals surface area (Å²) in [5.41, 5.74) is -7.38. The Morgan fingerprint density at radius 1 is 0.562 bits per heavy atom. The number of fused-ring (bicyclic) bond motifs is 3. The Bertz CT molecular complexity index is 2810. The zero-order chi connectivity index (χ0) is 58.2. The second-order valence-corrected chi connectivity index (χ2v) is 20.7. The fourth-order valence-corrected chi connectivity index (χ4v) is 11.9. The number of phenolic OH excluding ortho intramolecular Hbond substituents is 4. The number of carboxylic acid groups (broad SMARTS) is 2. The molecule has 2 aromatic carbocycles. The normalized spacial score (nSPS) is 40.1. The molecule has 0 aromatic heterocycles. The van der Waals surface area contributed by atoms with E-state index in [4.69, 9.17) is 37.9 Å². The number of aliphatic carboxylic acids is 2. The molecule has 438 valence electrons. The molecule has 0 unspecified atom stereocenters. The summed E-state index contributed by atoms with van der Waals surface area (Å²) < 4.78 is 45.0. The molecule has 4 aliphatic heterocycles. The lowest BCUT2D eigenvalue weighted by Crippen LogP contribution is -2.61. The van der Waals surface area contributed by atoms with Gasteiger partial charge in [-0.15, -0.1) is 0 Å². The van der Waals surface area contributed by atoms with Crippen molar-refractivity contribution in [3.05, 3.63) is 76.3 Å². The molecule has 22 atom stereocenters. The zero-order valence-electron chi connectivity index (χ0n) is 41.4. The molecule has 2 saturated heterocycles. The minimum atomic E-state index is -2.59. The SMILES string of the molecule is O=C(O)C1=CO[C@@H](O[C@@H]2O[C@H](CO)[C@@H](O)[C@H](O)[C@H]2O)[C@H]2[C@@H]1[C@@H](O)C[C@]2(O)COC(=O)C1=Cc2cc(O)c(O)cc2[C@H](c2ccc(O)c(O)c2)[C@H]1C(=O)OC[C@@]1(O)C[C@H](O)[C@@H]2C(C(=O)O)=CO[C@@H](O[C@@H]3O[C@H](CO)[C@@H](O)[C@H](O)[C@H]3O)[C@@H]21. The standard InChI is InChI=1S/C50H58O30/c51-9-27-35(59)37(61)39(63)47(77-27)79-45-33-30(19(11-73-45)41(65)66)25(57)7-49(33,71)13-75-43(69)18-3-16-5-23(55)24(56)6-17(16)29(15-1-2-21(53)22(54)4-15)32(18)44(70)76-14-50(72)8-26(58)31-20(42(67)68)12-74-46(34(31)50)80-48-40(64)38(62)36(60)28(10-52)78-48/h1-6,11-12,25-40,45-48,51-64,71-72H,7-10,13-14H2,(H,65,66)(H,67,68)/t25-,26-,27+,28+,29-,30-,31-,32-,33+,34+,35+,36+,37-,38-,39+,40+,45-,46-,47-,48-,49-,50-/m0/s1. The van der Waals surface area contributed by atoms with Crippen LogP contribution in [0.4, 0.5) is 0 Å². The van der Waals surface area contributed by atoms with E-state index >= 15 is 4.79 Å². The first kappa shape index (κ1) is 58.4. The van der Waals surface area contributed by atoms with E-state index in [0.29, 0.717) is 12.5 Å². The first-order valence-corrected chi connectivity index (χ1v) is 24.8. The van der Waals surface area contributed by atoms with Gasteiger partial charge in [0.1, 0.15) is 73.2 Å². The van der Waals surface area contributed by atoms with Gasteiger partial charge in [-0.05, 0) is 47.0 Å². The summed E-state index contributed by atoms with van der Waals surface area (Å²) in [5.74, 6) is -19.6. The number of aliphatic hydroxyl groups is 12. The fourth-order valence-electron chi connectivity index (χ4n) is 11.9. The number of hydrogen-bond acceptors (Lipinski definition) is 28. The van der Waals surface area contributed by atoms with Gasteiger partial charge in [0.05, 0.1) is 72.4 Å². The first-order valence-electron chi connectivity index (χ1n) is 24.8. The molecule has 3 aliphatic carbocycles. The van der Waals surface area contributed by atoms with Crippen LogP contribution in [-0.2, 0) is 57.1 Å². The summed E-state index contributed by atoms with van der Waals surface area (Å²) in [4.78, 5) is 54.9. The lowest BCUT2D eigenvalue weighted by Gasteiger charge is -2.44. The third kappa shape index (κ3) is 10.3. The van der Waals surface area contributed by atoms with Crippen LogP contribution in [0.15, 0.2) is 59.6 Å². The topological polar surface area (TPSA) is 506 Å². The van der Waals surface area contributed by atoms with E-state index in [-0.39, 0.29) is 16.7 Å². The molecule has 2 saturated carbocycles. The van der Waals surface area contributed by atoms with Gasteiger partial charge >= 0.3 is 23.9 Å². The molecule has 2 aromatic rings. The Kier molecular flexibility index (Phi) is 16.2. The van der Waals surface area contributed by atoms with Gasteiger partial charge in [-0.25, -0.2) is 14.4 Å². The summed E-state index contributed by atoms with van der Waals surface area (Å²) in [6.45, 7) is -4.23. The van der Waals surface area contributed by atoms with Crippen LogP contribution in [0.5, 0.6) is 23.0 Å². The van der Waals surface area contributed by atoms with Crippen molar-refractivity contribution in [2.75, 3.05) is 26.4 Å². The molecule has 0 radical (unpaired) electrons. The summed E-state index contributed by atoms with van der Waals surface area (Å²) >= 11 is 0. The highest BCUT2D eigenvalue weighted by Gasteiger charge is 2.64. The monoisotopic (exact) mass is 1140 g/mol. The highest BCUT2D eigenvalue weighted by Crippen LogP contribution is 2.54. The van der Waals surface area contributed by atoms with E-state index in [1.807, 2.05) is 0 Å². The van der Waals surface area contributed by atoms with Crippen LogP contribution >= 0.6 is 0 Å². The van der Waals surface area contributed by atoms with Crippen molar-refractivity contribution in [3.63, 3.8) is 0 Å². The molecule has 18 N–H and O–H groups in total. The minimum absolute atomic E-state index is 0.0650. The van der Waals surface area contributed by atoms with Gasteiger partial charge in [-0.1, -0.05) is 6.07 Å². The average molecular weight is 1140 g/mol. The number of phenols is 4. The van der Waals surface area contributed by atoms with Gasteiger partial charge in [-0.2, -0.15) is 0 Å². The molecule has 80 heavy (non-hydrogen) atoms. The number of carboxylic acids is 2. The Morgan fingerprint density at radius 3 is 1.49 bits per heavy atom. The lowest BCUT2D eigenvalue weighted by atomic mass is 9.71. The number of benzene rings is 2. The van der Waals surface area contributed by atoms with Crippen LogP contribution in [0.25, 0.3) is 6.08 Å². The Labute approximate surface area is 449 Å². The zero-order valence-corrected chi connectivity index (χ0v) is 41.4. The van der Waals surface area contributed by atoms with E-state index in [2.05, 4.69) is 0 Å². The van der Waals surface area contributed by atoms with E-state index in [1.54, 1.807) is 0 Å². The largest absolute Gasteiger partial charge is 0.504 e. The summed E-state index contributed by atoms with van der Waals surface area (Å²) in [6.07, 6.45) is -25.4. The van der Waals surface area contributed by atoms with Crippen LogP contribution in [-0.4, -0.2) is 240 Å². The second-order valence-electron chi connectivity index (χ2n) is 20.7. The molecular weight excluding hydrogens is 1080 g/mol. The van der Waals surface area contributed by atoms with E-state index in [0.717, 1.165) is 30.3 Å². The molecular formula is C50H58O30. The molecule has 30 heteroatoms. The Balaban J connectivity index is 1.05. The van der Waals surface area contributed by atoms with E-state index < -0.39 is 236 Å². The number of carbonyl (C=O) groups excluding carboxylic acids is 2. The van der Waals surface area contributed by atoms with Crippen LogP contribution in [0.1, 0.15) is 35.4 Å². The number of hydrogen-bond donors (Lipinski definition) is 18. The smallest absolute Gasteiger partial charge is 0.335 e. The molecule has 4 fully saturated rings. The maximum atomic E-state index is 15.1. The number of rotatable bonds is 15. The van der Waals surface area contributed by atoms with Gasteiger partial charge in [-0.3, -0.25) is 4.79 Å². The number of aliphatic hydroxyl groups excluding tert-OH is 10. The summed E-state index contributed by atoms with van der Waals surface area (Å²) in [5, 5.41) is 193. The van der Waals surface area contributed by atoms with Crippen molar-refractivity contribution in [3.8, 4) is 23.0 Å². The average Bonchev–Trinajstić information content (AvgIpc) is 3.90. The maximum Gasteiger partial charge on any atom is 0.335 e. The van der Waals surface area contributed by atoms with Gasteiger partial charge in [0.25, 0.3) is 0 Å². The molecule has 9 rings (SSSR count). The number of aromatic hydroxyl groups is 4. The van der Waals surface area contributed by atoms with Gasteiger partial charge in [0, 0.05) is 30.6 Å². The van der Waals surface area contributed by atoms with Gasteiger partial charge in [0.15, 0.2) is 35.6 Å². The maximum absolute atomic E-state index is 15.1. The highest BCUT2D eigenvalue weighted by molar-refractivity contribution is 6.02. The minimum Gasteiger partial charge on any atom is -0.504 e. The quantitative estimate of drug-likeness (QED) is 0.0584.